The van der Waals surface area contributed by atoms with Crippen molar-refractivity contribution in [1.82, 2.24) is 9.97 Å². The number of aryl methyl sites for hydroxylation is 1. The third-order valence-electron chi connectivity index (χ3n) is 7.08. The highest BCUT2D eigenvalue weighted by Crippen LogP contribution is 2.29. The van der Waals surface area contributed by atoms with Gasteiger partial charge in [-0.2, -0.15) is 0 Å². The first-order valence-electron chi connectivity index (χ1n) is 13.8. The van der Waals surface area contributed by atoms with Crippen LogP contribution in [0.3, 0.4) is 0 Å². The molecule has 36 heavy (non-hydrogen) atoms. The summed E-state index contributed by atoms with van der Waals surface area (Å²) in [6, 6.07) is 13.6. The molecule has 0 aliphatic rings. The largest absolute Gasteiger partial charge is 0.478 e. The molecule has 2 aromatic carbocycles. The summed E-state index contributed by atoms with van der Waals surface area (Å²) in [5.41, 5.74) is 5.15. The van der Waals surface area contributed by atoms with Crippen LogP contribution in [-0.4, -0.2) is 21.0 Å². The van der Waals surface area contributed by atoms with Crippen LogP contribution in [0.1, 0.15) is 100 Å². The smallest absolute Gasteiger partial charge is 0.336 e. The molecule has 0 aliphatic heterocycles. The number of hydrogen-bond donors (Lipinski definition) is 1. The van der Waals surface area contributed by atoms with Gasteiger partial charge in [0.1, 0.15) is 0 Å². The van der Waals surface area contributed by atoms with Gasteiger partial charge in [-0.3, -0.25) is 0 Å². The van der Waals surface area contributed by atoms with Crippen molar-refractivity contribution in [2.75, 3.05) is 0 Å². The number of nitrogens with zero attached hydrogens (tertiary/aromatic N) is 2. The second-order valence-electron chi connectivity index (χ2n) is 10.1. The van der Waals surface area contributed by atoms with Crippen molar-refractivity contribution < 1.29 is 9.90 Å². The highest BCUT2D eigenvalue weighted by Gasteiger charge is 2.15. The van der Waals surface area contributed by atoms with Crippen molar-refractivity contribution in [3.05, 3.63) is 71.5 Å². The van der Waals surface area contributed by atoms with E-state index in [9.17, 15) is 9.90 Å². The molecule has 1 heterocycles. The van der Waals surface area contributed by atoms with Crippen molar-refractivity contribution in [2.24, 2.45) is 5.92 Å². The molecule has 0 unspecified atom stereocenters. The van der Waals surface area contributed by atoms with E-state index in [1.54, 1.807) is 12.1 Å². The lowest BCUT2D eigenvalue weighted by atomic mass is 9.94. The van der Waals surface area contributed by atoms with E-state index in [2.05, 4.69) is 42.9 Å². The highest BCUT2D eigenvalue weighted by molar-refractivity contribution is 5.97. The zero-order valence-corrected chi connectivity index (χ0v) is 22.3. The molecule has 3 aromatic rings. The Labute approximate surface area is 217 Å². The van der Waals surface area contributed by atoms with Gasteiger partial charge in [-0.05, 0) is 59.6 Å². The van der Waals surface area contributed by atoms with Gasteiger partial charge in [-0.1, -0.05) is 102 Å². The van der Waals surface area contributed by atoms with Crippen LogP contribution in [0.2, 0.25) is 0 Å². The minimum Gasteiger partial charge on any atom is -0.478 e. The summed E-state index contributed by atoms with van der Waals surface area (Å²) < 4.78 is 0. The van der Waals surface area contributed by atoms with Crippen LogP contribution in [-0.2, 0) is 12.8 Å². The van der Waals surface area contributed by atoms with Gasteiger partial charge in [0.2, 0.25) is 0 Å². The summed E-state index contributed by atoms with van der Waals surface area (Å²) in [5, 5.41) is 9.77. The lowest BCUT2D eigenvalue weighted by Gasteiger charge is -2.12. The summed E-state index contributed by atoms with van der Waals surface area (Å²) in [6.07, 6.45) is 17.4. The Balaban J connectivity index is 1.66. The molecule has 0 aliphatic carbocycles. The molecule has 0 spiro atoms. The van der Waals surface area contributed by atoms with E-state index in [1.807, 2.05) is 30.6 Å². The molecule has 3 rings (SSSR count). The lowest BCUT2D eigenvalue weighted by molar-refractivity contribution is 0.0697. The van der Waals surface area contributed by atoms with E-state index >= 15 is 0 Å². The quantitative estimate of drug-likeness (QED) is 0.218. The number of benzene rings is 2. The Morgan fingerprint density at radius 2 is 1.42 bits per heavy atom. The second kappa shape index (κ2) is 14.5. The molecule has 0 radical (unpaired) electrons. The molecule has 1 aromatic heterocycles. The van der Waals surface area contributed by atoms with Crippen LogP contribution in [0.5, 0.6) is 0 Å². The summed E-state index contributed by atoms with van der Waals surface area (Å²) in [6.45, 7) is 6.71. The van der Waals surface area contributed by atoms with E-state index < -0.39 is 5.97 Å². The molecule has 1 atom stereocenters. The maximum atomic E-state index is 11.9. The first-order chi connectivity index (χ1) is 17.5. The van der Waals surface area contributed by atoms with Gasteiger partial charge in [-0.25, -0.2) is 14.8 Å². The average molecular weight is 487 g/mol. The Hall–Kier alpha value is -3.01. The number of aromatic carboxylic acids is 1. The van der Waals surface area contributed by atoms with Crippen LogP contribution in [0, 0.1) is 5.92 Å². The van der Waals surface area contributed by atoms with Crippen molar-refractivity contribution in [1.29, 1.82) is 0 Å². The minimum atomic E-state index is -0.929. The van der Waals surface area contributed by atoms with Crippen molar-refractivity contribution in [2.45, 2.75) is 91.4 Å². The molecule has 192 valence electrons. The van der Waals surface area contributed by atoms with Gasteiger partial charge in [0.05, 0.1) is 5.56 Å². The van der Waals surface area contributed by atoms with Gasteiger partial charge < -0.3 is 5.11 Å². The zero-order chi connectivity index (χ0) is 25.8. The van der Waals surface area contributed by atoms with Gasteiger partial charge in [-0.15, -0.1) is 0 Å². The molecule has 4 nitrogen and oxygen atoms in total. The predicted octanol–water partition coefficient (Wildman–Crippen LogP) is 8.78. The number of hydrogen-bond acceptors (Lipinski definition) is 3. The molecular formula is C32H42N2O2. The number of rotatable bonds is 15. The van der Waals surface area contributed by atoms with Crippen molar-refractivity contribution >= 4 is 5.97 Å². The zero-order valence-electron chi connectivity index (χ0n) is 22.3. The Morgan fingerprint density at radius 1 is 0.806 bits per heavy atom. The standard InChI is InChI=1S/C32H42N2O2/c1-4-6-7-8-9-10-11-12-13-26-22-33-31(34-23-26)28-18-19-29(32(35)36)30(21-28)27-16-14-25(15-17-27)20-24(3)5-2/h14-19,21-24H,4-13,20H2,1-3H3,(H,35,36)/t24-/m0/s1. The highest BCUT2D eigenvalue weighted by atomic mass is 16.4. The third-order valence-corrected chi connectivity index (χ3v) is 7.08. The van der Waals surface area contributed by atoms with Crippen LogP contribution in [0.25, 0.3) is 22.5 Å². The molecule has 0 bridgehead atoms. The summed E-state index contributed by atoms with van der Waals surface area (Å²) in [4.78, 5) is 21.1. The van der Waals surface area contributed by atoms with Crippen LogP contribution >= 0.6 is 0 Å². The number of carbonyl (C=O) groups is 1. The normalized spacial score (nSPS) is 12.0. The fraction of sp³-hybridized carbons (Fsp3) is 0.469. The SMILES string of the molecule is CCCCCCCCCCc1cnc(-c2ccc(C(=O)O)c(-c3ccc(C[C@@H](C)CC)cc3)c2)nc1. The van der Waals surface area contributed by atoms with E-state index in [4.69, 9.17) is 0 Å². The van der Waals surface area contributed by atoms with E-state index in [0.29, 0.717) is 22.9 Å². The fourth-order valence-electron chi connectivity index (χ4n) is 4.57. The monoisotopic (exact) mass is 486 g/mol. The van der Waals surface area contributed by atoms with Crippen LogP contribution < -0.4 is 0 Å². The van der Waals surface area contributed by atoms with E-state index in [1.165, 1.54) is 56.9 Å². The van der Waals surface area contributed by atoms with Crippen LogP contribution in [0.15, 0.2) is 54.9 Å². The molecule has 0 saturated carbocycles. The van der Waals surface area contributed by atoms with Crippen LogP contribution in [0.4, 0.5) is 0 Å². The number of unbranched alkanes of at least 4 members (excludes halogenated alkanes) is 7. The molecular weight excluding hydrogens is 444 g/mol. The fourth-order valence-corrected chi connectivity index (χ4v) is 4.57. The Bertz CT molecular complexity index is 1070. The number of carboxylic acid groups (broad SMARTS) is 1. The van der Waals surface area contributed by atoms with Crippen molar-refractivity contribution in [3.63, 3.8) is 0 Å². The van der Waals surface area contributed by atoms with Crippen molar-refractivity contribution in [3.8, 4) is 22.5 Å². The number of carboxylic acids is 1. The van der Waals surface area contributed by atoms with Gasteiger partial charge in [0.25, 0.3) is 0 Å². The van der Waals surface area contributed by atoms with Gasteiger partial charge in [0, 0.05) is 18.0 Å². The second-order valence-corrected chi connectivity index (χ2v) is 10.1. The minimum absolute atomic E-state index is 0.291. The molecule has 1 N–H and O–H groups in total. The average Bonchev–Trinajstić information content (AvgIpc) is 2.90. The topological polar surface area (TPSA) is 63.1 Å². The molecule has 4 heteroatoms. The summed E-state index contributed by atoms with van der Waals surface area (Å²) in [5.74, 6) is 0.326. The maximum Gasteiger partial charge on any atom is 0.336 e. The van der Waals surface area contributed by atoms with E-state index in [-0.39, 0.29) is 0 Å². The molecule has 0 fully saturated rings. The summed E-state index contributed by atoms with van der Waals surface area (Å²) >= 11 is 0. The first kappa shape index (κ1) is 27.6. The summed E-state index contributed by atoms with van der Waals surface area (Å²) in [7, 11) is 0. The first-order valence-corrected chi connectivity index (χ1v) is 13.8. The molecule has 0 saturated heterocycles. The third kappa shape index (κ3) is 8.29. The van der Waals surface area contributed by atoms with Gasteiger partial charge >= 0.3 is 5.97 Å². The Morgan fingerprint density at radius 3 is 2.03 bits per heavy atom. The predicted molar refractivity (Wildman–Crippen MR) is 149 cm³/mol. The lowest BCUT2D eigenvalue weighted by Crippen LogP contribution is -2.01. The van der Waals surface area contributed by atoms with E-state index in [0.717, 1.165) is 36.0 Å². The molecule has 0 amide bonds. The number of aromatic nitrogens is 2. The Kier molecular flexibility index (Phi) is 11.1. The maximum absolute atomic E-state index is 11.9. The van der Waals surface area contributed by atoms with Gasteiger partial charge in [0.15, 0.2) is 5.82 Å².